The number of fused-ring (bicyclic) bond motifs is 7. The number of carbonyl (C=O) groups is 1. The van der Waals surface area contributed by atoms with Gasteiger partial charge in [0.1, 0.15) is 11.3 Å². The van der Waals surface area contributed by atoms with Gasteiger partial charge in [0.25, 0.3) is 5.91 Å². The van der Waals surface area contributed by atoms with Gasteiger partial charge >= 0.3 is 0 Å². The van der Waals surface area contributed by atoms with Crippen LogP contribution in [0.1, 0.15) is 45.2 Å². The van der Waals surface area contributed by atoms with Gasteiger partial charge in [0.15, 0.2) is 0 Å². The van der Waals surface area contributed by atoms with Crippen LogP contribution in [0.25, 0.3) is 16.5 Å². The second kappa shape index (κ2) is 7.09. The van der Waals surface area contributed by atoms with E-state index in [1.807, 2.05) is 55.1 Å². The van der Waals surface area contributed by atoms with Gasteiger partial charge in [-0.15, -0.1) is 0 Å². The predicted octanol–water partition coefficient (Wildman–Crippen LogP) is 6.30. The third-order valence-corrected chi connectivity index (χ3v) is 7.57. The summed E-state index contributed by atoms with van der Waals surface area (Å²) in [5, 5.41) is 11.8. The Hall–Kier alpha value is -3.31. The number of allylic oxidation sites excluding steroid dienone is 1. The molecule has 3 aromatic carbocycles. The monoisotopic (exact) mass is 498 g/mol. The molecule has 5 heteroatoms. The lowest BCUT2D eigenvalue weighted by Crippen LogP contribution is -2.48. The molecule has 2 aliphatic rings. The van der Waals surface area contributed by atoms with Crippen molar-refractivity contribution in [1.29, 1.82) is 0 Å². The van der Waals surface area contributed by atoms with Crippen molar-refractivity contribution in [2.24, 2.45) is 0 Å². The molecular weight excluding hydrogens is 476 g/mol. The lowest BCUT2D eigenvalue weighted by Gasteiger charge is -2.41. The van der Waals surface area contributed by atoms with E-state index in [1.54, 1.807) is 6.07 Å². The molecule has 3 heterocycles. The SMILES string of the molecule is CC(=C[C@@]12c3ccccc3C(=O)N1CCc1c2[nH]c2ccc(Br)cc12)c1cc(C)ccc1O. The molecule has 2 aliphatic heterocycles. The van der Waals surface area contributed by atoms with Crippen LogP contribution >= 0.6 is 15.9 Å². The number of aromatic hydroxyl groups is 1. The minimum atomic E-state index is -0.757. The van der Waals surface area contributed by atoms with Gasteiger partial charge in [-0.2, -0.15) is 0 Å². The Labute approximate surface area is 200 Å². The molecule has 6 rings (SSSR count). The number of aromatic nitrogens is 1. The molecule has 164 valence electrons. The fraction of sp³-hybridized carbons (Fsp3) is 0.179. The van der Waals surface area contributed by atoms with Gasteiger partial charge in [-0.3, -0.25) is 4.79 Å². The molecule has 0 radical (unpaired) electrons. The molecule has 4 aromatic rings. The van der Waals surface area contributed by atoms with E-state index in [9.17, 15) is 9.90 Å². The molecule has 0 aliphatic carbocycles. The second-order valence-electron chi connectivity index (χ2n) is 9.04. The number of amides is 1. The molecule has 1 aromatic heterocycles. The summed E-state index contributed by atoms with van der Waals surface area (Å²) in [5.41, 5.74) is 7.09. The highest BCUT2D eigenvalue weighted by atomic mass is 79.9. The first-order chi connectivity index (χ1) is 15.9. The van der Waals surface area contributed by atoms with E-state index < -0.39 is 5.54 Å². The van der Waals surface area contributed by atoms with Crippen molar-refractivity contribution in [2.75, 3.05) is 6.54 Å². The number of aryl methyl sites for hydroxylation is 1. The Bertz CT molecular complexity index is 1500. The predicted molar refractivity (Wildman–Crippen MR) is 134 cm³/mol. The topological polar surface area (TPSA) is 56.3 Å². The lowest BCUT2D eigenvalue weighted by molar-refractivity contribution is 0.0666. The third kappa shape index (κ3) is 2.78. The number of halogens is 1. The maximum absolute atomic E-state index is 13.6. The molecule has 4 nitrogen and oxygen atoms in total. The number of nitrogens with one attached hydrogen (secondary N) is 1. The van der Waals surface area contributed by atoms with Crippen LogP contribution in [0, 0.1) is 6.92 Å². The quantitative estimate of drug-likeness (QED) is 0.340. The molecule has 33 heavy (non-hydrogen) atoms. The third-order valence-electron chi connectivity index (χ3n) is 7.08. The number of hydrogen-bond donors (Lipinski definition) is 2. The highest BCUT2D eigenvalue weighted by molar-refractivity contribution is 9.10. The highest BCUT2D eigenvalue weighted by Crippen LogP contribution is 2.51. The number of phenolic OH excluding ortho intramolecular Hbond substituents is 1. The second-order valence-corrected chi connectivity index (χ2v) is 9.95. The first kappa shape index (κ1) is 20.3. The van der Waals surface area contributed by atoms with E-state index in [1.165, 1.54) is 10.9 Å². The largest absolute Gasteiger partial charge is 0.507 e. The summed E-state index contributed by atoms with van der Waals surface area (Å²) in [6.45, 7) is 4.66. The van der Waals surface area contributed by atoms with Gasteiger partial charge in [-0.05, 0) is 73.9 Å². The first-order valence-corrected chi connectivity index (χ1v) is 11.9. The Morgan fingerprint density at radius 2 is 1.97 bits per heavy atom. The van der Waals surface area contributed by atoms with Crippen LogP contribution in [-0.4, -0.2) is 27.4 Å². The van der Waals surface area contributed by atoms with Crippen LogP contribution in [0.15, 0.2) is 71.2 Å². The van der Waals surface area contributed by atoms with Crippen molar-refractivity contribution in [1.82, 2.24) is 9.88 Å². The fourth-order valence-electron chi connectivity index (χ4n) is 5.61. The smallest absolute Gasteiger partial charge is 0.255 e. The Morgan fingerprint density at radius 3 is 2.82 bits per heavy atom. The fourth-order valence-corrected chi connectivity index (χ4v) is 5.97. The zero-order chi connectivity index (χ0) is 22.9. The highest BCUT2D eigenvalue weighted by Gasteiger charge is 2.53. The molecule has 0 fully saturated rings. The lowest BCUT2D eigenvalue weighted by atomic mass is 9.79. The summed E-state index contributed by atoms with van der Waals surface area (Å²) in [4.78, 5) is 19.2. The number of carbonyl (C=O) groups excluding carboxylic acids is 1. The molecule has 2 N–H and O–H groups in total. The van der Waals surface area contributed by atoms with Crippen LogP contribution in [0.4, 0.5) is 0 Å². The van der Waals surface area contributed by atoms with Gasteiger partial charge in [0.2, 0.25) is 0 Å². The van der Waals surface area contributed by atoms with Gasteiger partial charge in [0.05, 0.1) is 5.69 Å². The Balaban J connectivity index is 1.70. The maximum Gasteiger partial charge on any atom is 0.255 e. The van der Waals surface area contributed by atoms with Crippen LogP contribution < -0.4 is 0 Å². The van der Waals surface area contributed by atoms with Gasteiger partial charge in [0, 0.05) is 38.6 Å². The maximum atomic E-state index is 13.6. The Morgan fingerprint density at radius 1 is 1.15 bits per heavy atom. The van der Waals surface area contributed by atoms with Gasteiger partial charge in [-0.1, -0.05) is 45.8 Å². The van der Waals surface area contributed by atoms with E-state index >= 15 is 0 Å². The summed E-state index contributed by atoms with van der Waals surface area (Å²) in [5.74, 6) is 0.292. The number of hydrogen-bond acceptors (Lipinski definition) is 2. The summed E-state index contributed by atoms with van der Waals surface area (Å²) < 4.78 is 1.03. The number of aromatic amines is 1. The first-order valence-electron chi connectivity index (χ1n) is 11.1. The van der Waals surface area contributed by atoms with E-state index in [0.717, 1.165) is 49.9 Å². The summed E-state index contributed by atoms with van der Waals surface area (Å²) >= 11 is 3.62. The normalized spacial score (nSPS) is 19.5. The molecule has 0 bridgehead atoms. The molecule has 0 spiro atoms. The van der Waals surface area contributed by atoms with Crippen molar-refractivity contribution >= 4 is 38.3 Å². The zero-order valence-corrected chi connectivity index (χ0v) is 20.0. The number of H-pyrrole nitrogens is 1. The number of rotatable bonds is 2. The Kier molecular flexibility index (Phi) is 4.36. The van der Waals surface area contributed by atoms with Crippen LogP contribution in [0.5, 0.6) is 5.75 Å². The standard InChI is InChI=1S/C28H23BrN2O2/c1-16-7-10-25(32)21(13-16)17(2)15-28-23-6-4-3-5-20(23)27(33)31(28)12-11-19-22-14-18(29)8-9-24(22)30-26(19)28/h3-10,13-15,30,32H,11-12H2,1-2H3/t28-/m0/s1. The summed E-state index contributed by atoms with van der Waals surface area (Å²) in [7, 11) is 0. The van der Waals surface area contributed by atoms with E-state index in [0.29, 0.717) is 6.54 Å². The number of phenols is 1. The summed E-state index contributed by atoms with van der Waals surface area (Å²) in [6.07, 6.45) is 2.95. The van der Waals surface area contributed by atoms with E-state index in [2.05, 4.69) is 45.2 Å². The molecule has 0 saturated heterocycles. The number of nitrogens with zero attached hydrogens (tertiary/aromatic N) is 1. The molecule has 1 atom stereocenters. The molecule has 1 amide bonds. The summed E-state index contributed by atoms with van der Waals surface area (Å²) in [6, 6.07) is 19.8. The minimum Gasteiger partial charge on any atom is -0.507 e. The molecule has 0 saturated carbocycles. The van der Waals surface area contributed by atoms with Crippen molar-refractivity contribution < 1.29 is 9.90 Å². The van der Waals surface area contributed by atoms with Crippen molar-refractivity contribution in [3.05, 3.63) is 105 Å². The average Bonchev–Trinajstić information content (AvgIpc) is 3.29. The molecular formula is C28H23BrN2O2. The average molecular weight is 499 g/mol. The van der Waals surface area contributed by atoms with Crippen molar-refractivity contribution in [3.63, 3.8) is 0 Å². The minimum absolute atomic E-state index is 0.0496. The zero-order valence-electron chi connectivity index (χ0n) is 18.4. The van der Waals surface area contributed by atoms with Crippen LogP contribution in [0.2, 0.25) is 0 Å². The van der Waals surface area contributed by atoms with E-state index in [-0.39, 0.29) is 11.7 Å². The molecule has 0 unspecified atom stereocenters. The van der Waals surface area contributed by atoms with Crippen LogP contribution in [0.3, 0.4) is 0 Å². The van der Waals surface area contributed by atoms with Gasteiger partial charge in [-0.25, -0.2) is 0 Å². The van der Waals surface area contributed by atoms with Crippen molar-refractivity contribution in [2.45, 2.75) is 25.8 Å². The van der Waals surface area contributed by atoms with Crippen molar-refractivity contribution in [3.8, 4) is 5.75 Å². The van der Waals surface area contributed by atoms with Gasteiger partial charge < -0.3 is 15.0 Å². The van der Waals surface area contributed by atoms with E-state index in [4.69, 9.17) is 0 Å². The number of benzene rings is 3. The van der Waals surface area contributed by atoms with Crippen LogP contribution in [-0.2, 0) is 12.0 Å².